The molecule has 1 unspecified atom stereocenters. The molecule has 0 nitrogen and oxygen atoms in total. The van der Waals surface area contributed by atoms with Crippen molar-refractivity contribution in [2.75, 3.05) is 0 Å². The Morgan fingerprint density at radius 1 is 0.750 bits per heavy atom. The molecule has 32 heavy (non-hydrogen) atoms. The van der Waals surface area contributed by atoms with Crippen LogP contribution < -0.4 is 0 Å². The molecule has 0 spiro atoms. The van der Waals surface area contributed by atoms with Crippen LogP contribution in [0.25, 0.3) is 0 Å². The molecular weight excluding hydrogens is 384 g/mol. The molecule has 0 saturated heterocycles. The fraction of sp³-hybridized carbons (Fsp3) is 0.625. The summed E-state index contributed by atoms with van der Waals surface area (Å²) in [6.45, 7) is 43.6. The van der Waals surface area contributed by atoms with Crippen molar-refractivity contribution in [1.82, 2.24) is 0 Å². The Bertz CT molecular complexity index is 684. The highest BCUT2D eigenvalue weighted by Gasteiger charge is 2.28. The van der Waals surface area contributed by atoms with Gasteiger partial charge in [0.25, 0.3) is 0 Å². The molecule has 0 bridgehead atoms. The van der Waals surface area contributed by atoms with E-state index < -0.39 is 0 Å². The Hall–Kier alpha value is -1.56. The third kappa shape index (κ3) is 10.4. The SMILES string of the molecule is C/C=C(/C)C(C)(C)/C(C)=C(/C)C(C)C.C=C.C=CC/C(C)=C(/C)C(C)C(C)(C)/C(C)=C/C. The second-order valence-corrected chi connectivity index (χ2v) is 10.4. The average Bonchev–Trinajstić information content (AvgIpc) is 2.77. The van der Waals surface area contributed by atoms with Crippen molar-refractivity contribution in [3.63, 3.8) is 0 Å². The van der Waals surface area contributed by atoms with Gasteiger partial charge in [0, 0.05) is 5.41 Å². The van der Waals surface area contributed by atoms with Gasteiger partial charge in [0.1, 0.15) is 0 Å². The number of hydrogen-bond acceptors (Lipinski definition) is 0. The molecule has 0 aliphatic heterocycles. The second kappa shape index (κ2) is 16.1. The highest BCUT2D eigenvalue weighted by Crippen LogP contribution is 2.40. The molecule has 0 aliphatic carbocycles. The molecule has 0 fully saturated rings. The summed E-state index contributed by atoms with van der Waals surface area (Å²) in [6.07, 6.45) is 7.44. The Morgan fingerprint density at radius 2 is 1.16 bits per heavy atom. The molecule has 0 aromatic rings. The summed E-state index contributed by atoms with van der Waals surface area (Å²) in [6, 6.07) is 0. The van der Waals surface area contributed by atoms with Crippen molar-refractivity contribution >= 4 is 0 Å². The summed E-state index contributed by atoms with van der Waals surface area (Å²) in [5, 5.41) is 0. The maximum Gasteiger partial charge on any atom is 0.00610 e. The van der Waals surface area contributed by atoms with E-state index >= 15 is 0 Å². The van der Waals surface area contributed by atoms with E-state index in [1.807, 2.05) is 6.08 Å². The van der Waals surface area contributed by atoms with Gasteiger partial charge in [-0.25, -0.2) is 0 Å². The average molecular weight is 443 g/mol. The molecule has 0 aliphatic rings. The Kier molecular flexibility index (Phi) is 17.6. The quantitative estimate of drug-likeness (QED) is 0.328. The first-order valence-corrected chi connectivity index (χ1v) is 12.3. The Balaban J connectivity index is -0.000000491. The van der Waals surface area contributed by atoms with Crippen LogP contribution in [0.1, 0.15) is 110 Å². The third-order valence-corrected chi connectivity index (χ3v) is 8.12. The van der Waals surface area contributed by atoms with Gasteiger partial charge in [-0.2, -0.15) is 0 Å². The molecule has 0 amide bonds. The van der Waals surface area contributed by atoms with E-state index in [1.54, 1.807) is 0 Å². The minimum atomic E-state index is 0.211. The molecule has 0 aromatic carbocycles. The molecule has 0 heteroatoms. The summed E-state index contributed by atoms with van der Waals surface area (Å²) >= 11 is 0. The van der Waals surface area contributed by atoms with Gasteiger partial charge in [-0.15, -0.1) is 19.7 Å². The maximum atomic E-state index is 3.81. The third-order valence-electron chi connectivity index (χ3n) is 8.12. The predicted octanol–water partition coefficient (Wildman–Crippen LogP) is 11.3. The lowest BCUT2D eigenvalue weighted by Crippen LogP contribution is -2.24. The molecule has 0 radical (unpaired) electrons. The zero-order valence-corrected chi connectivity index (χ0v) is 24.7. The molecule has 186 valence electrons. The van der Waals surface area contributed by atoms with E-state index in [4.69, 9.17) is 0 Å². The highest BCUT2D eigenvalue weighted by molar-refractivity contribution is 5.28. The van der Waals surface area contributed by atoms with Crippen LogP contribution in [0.15, 0.2) is 71.4 Å². The first-order valence-electron chi connectivity index (χ1n) is 12.3. The first-order chi connectivity index (χ1) is 14.5. The van der Waals surface area contributed by atoms with E-state index in [0.29, 0.717) is 11.8 Å². The number of hydrogen-bond donors (Lipinski definition) is 0. The van der Waals surface area contributed by atoms with Crippen molar-refractivity contribution in [1.29, 1.82) is 0 Å². The first kappa shape index (κ1) is 35.0. The Labute approximate surface area is 204 Å². The van der Waals surface area contributed by atoms with Crippen LogP contribution in [0, 0.1) is 22.7 Å². The molecule has 0 N–H and O–H groups in total. The summed E-state index contributed by atoms with van der Waals surface area (Å²) in [4.78, 5) is 0. The van der Waals surface area contributed by atoms with E-state index in [1.165, 1.54) is 33.4 Å². The van der Waals surface area contributed by atoms with Crippen molar-refractivity contribution in [2.24, 2.45) is 22.7 Å². The topological polar surface area (TPSA) is 0 Å². The normalized spacial score (nSPS) is 15.5. The van der Waals surface area contributed by atoms with Gasteiger partial charge in [0.05, 0.1) is 0 Å². The maximum absolute atomic E-state index is 3.81. The second-order valence-electron chi connectivity index (χ2n) is 10.4. The van der Waals surface area contributed by atoms with Crippen LogP contribution in [0.3, 0.4) is 0 Å². The predicted molar refractivity (Wildman–Crippen MR) is 153 cm³/mol. The highest BCUT2D eigenvalue weighted by atomic mass is 14.3. The van der Waals surface area contributed by atoms with Crippen LogP contribution in [0.4, 0.5) is 0 Å². The van der Waals surface area contributed by atoms with Gasteiger partial charge in [-0.05, 0) is 79.1 Å². The summed E-state index contributed by atoms with van der Waals surface area (Å²) in [5.74, 6) is 1.22. The fourth-order valence-corrected chi connectivity index (χ4v) is 3.58. The van der Waals surface area contributed by atoms with Gasteiger partial charge in [-0.3, -0.25) is 0 Å². The van der Waals surface area contributed by atoms with Crippen LogP contribution in [-0.4, -0.2) is 0 Å². The molecule has 1 atom stereocenters. The van der Waals surface area contributed by atoms with Gasteiger partial charge in [0.15, 0.2) is 0 Å². The lowest BCUT2D eigenvalue weighted by atomic mass is 9.70. The number of allylic oxidation sites excluding steroid dienone is 9. The van der Waals surface area contributed by atoms with Crippen LogP contribution in [0.5, 0.6) is 0 Å². The van der Waals surface area contributed by atoms with Crippen LogP contribution >= 0.6 is 0 Å². The van der Waals surface area contributed by atoms with Gasteiger partial charge in [0.2, 0.25) is 0 Å². The van der Waals surface area contributed by atoms with Crippen molar-refractivity contribution in [3.05, 3.63) is 71.4 Å². The summed E-state index contributed by atoms with van der Waals surface area (Å²) in [5.41, 5.74) is 9.37. The lowest BCUT2D eigenvalue weighted by molar-refractivity contribution is 0.325. The largest absolute Gasteiger partial charge is 0.106 e. The minimum absolute atomic E-state index is 0.211. The van der Waals surface area contributed by atoms with Crippen LogP contribution in [-0.2, 0) is 0 Å². The van der Waals surface area contributed by atoms with Gasteiger partial charge < -0.3 is 0 Å². The monoisotopic (exact) mass is 442 g/mol. The van der Waals surface area contributed by atoms with Crippen LogP contribution in [0.2, 0.25) is 0 Å². The van der Waals surface area contributed by atoms with Crippen molar-refractivity contribution < 1.29 is 0 Å². The lowest BCUT2D eigenvalue weighted by Gasteiger charge is -2.35. The molecular formula is C32H58. The molecule has 0 heterocycles. The summed E-state index contributed by atoms with van der Waals surface area (Å²) < 4.78 is 0. The molecule has 0 aromatic heterocycles. The fourth-order valence-electron chi connectivity index (χ4n) is 3.58. The smallest absolute Gasteiger partial charge is 0.00610 e. The van der Waals surface area contributed by atoms with E-state index in [2.05, 4.69) is 136 Å². The zero-order valence-electron chi connectivity index (χ0n) is 24.7. The van der Waals surface area contributed by atoms with E-state index in [-0.39, 0.29) is 10.8 Å². The Morgan fingerprint density at radius 3 is 1.47 bits per heavy atom. The van der Waals surface area contributed by atoms with Crippen molar-refractivity contribution in [3.8, 4) is 0 Å². The molecule has 0 saturated carbocycles. The van der Waals surface area contributed by atoms with Crippen molar-refractivity contribution in [2.45, 2.75) is 110 Å². The number of rotatable bonds is 8. The van der Waals surface area contributed by atoms with Gasteiger partial charge >= 0.3 is 0 Å². The standard InChI is InChI=1S/C16H28.C14H26.C2H4/c1-9-11-12(3)14(5)15(6)16(7,8)13(4)10-2;1-9-11(4)14(7,8)13(6)12(5)10(2)3;1-2/h9-10,15H,1,11H2,2-8H3;9-10H,1-8H3;1-2H2/b13-10+,14-12-;11-9-,13-12-;. The van der Waals surface area contributed by atoms with E-state index in [9.17, 15) is 0 Å². The van der Waals surface area contributed by atoms with Gasteiger partial charge in [-0.1, -0.05) is 100 Å². The molecule has 0 rings (SSSR count). The zero-order chi connectivity index (χ0) is 26.4. The summed E-state index contributed by atoms with van der Waals surface area (Å²) in [7, 11) is 0. The van der Waals surface area contributed by atoms with E-state index in [0.717, 1.165) is 6.42 Å². The minimum Gasteiger partial charge on any atom is -0.106 e.